The molecule has 0 radical (unpaired) electrons. The molecule has 2 N–H and O–H groups in total. The fourth-order valence-corrected chi connectivity index (χ4v) is 1.48. The zero-order chi connectivity index (χ0) is 9.68. The molecule has 0 atom stereocenters. The maximum absolute atomic E-state index is 5.80. The van der Waals surface area contributed by atoms with Crippen molar-refractivity contribution in [2.45, 2.75) is 6.92 Å². The third kappa shape index (κ3) is 4.36. The predicted molar refractivity (Wildman–Crippen MR) is 57.8 cm³/mol. The van der Waals surface area contributed by atoms with Crippen LogP contribution in [0.3, 0.4) is 0 Å². The average molecular weight is 200 g/mol. The van der Waals surface area contributed by atoms with Gasteiger partial charge >= 0.3 is 0 Å². The lowest BCUT2D eigenvalue weighted by Crippen LogP contribution is -2.38. The van der Waals surface area contributed by atoms with Gasteiger partial charge in [0.25, 0.3) is 0 Å². The summed E-state index contributed by atoms with van der Waals surface area (Å²) in [6.07, 6.45) is 1.85. The Labute approximate surface area is 84.5 Å². The van der Waals surface area contributed by atoms with Gasteiger partial charge in [0.15, 0.2) is 0 Å². The van der Waals surface area contributed by atoms with Crippen LogP contribution in [0.25, 0.3) is 0 Å². The van der Waals surface area contributed by atoms with E-state index in [1.165, 1.54) is 0 Å². The SMILES string of the molecule is CC(=S)/C=C(\N)CN1CCOCC1. The van der Waals surface area contributed by atoms with Crippen LogP contribution < -0.4 is 5.73 Å². The zero-order valence-electron chi connectivity index (χ0n) is 7.95. The van der Waals surface area contributed by atoms with Crippen LogP contribution in [-0.2, 0) is 4.74 Å². The van der Waals surface area contributed by atoms with Crippen molar-refractivity contribution in [2.75, 3.05) is 32.8 Å². The molecule has 1 aliphatic rings. The Morgan fingerprint density at radius 1 is 1.54 bits per heavy atom. The summed E-state index contributed by atoms with van der Waals surface area (Å²) in [5.74, 6) is 0. The minimum atomic E-state index is 0.803. The maximum Gasteiger partial charge on any atom is 0.0594 e. The van der Waals surface area contributed by atoms with Gasteiger partial charge in [-0.25, -0.2) is 0 Å². The molecular formula is C9H16N2OS. The predicted octanol–water partition coefficient (Wildman–Crippen LogP) is 0.551. The second kappa shape index (κ2) is 5.32. The summed E-state index contributed by atoms with van der Waals surface area (Å²) in [5.41, 5.74) is 6.64. The Morgan fingerprint density at radius 2 is 2.15 bits per heavy atom. The Hall–Kier alpha value is -0.450. The molecule has 0 bridgehead atoms. The maximum atomic E-state index is 5.80. The van der Waals surface area contributed by atoms with Crippen molar-refractivity contribution in [3.63, 3.8) is 0 Å². The van der Waals surface area contributed by atoms with Crippen molar-refractivity contribution < 1.29 is 4.74 Å². The van der Waals surface area contributed by atoms with Gasteiger partial charge in [-0.05, 0) is 13.0 Å². The van der Waals surface area contributed by atoms with Gasteiger partial charge in [0.05, 0.1) is 13.2 Å². The van der Waals surface area contributed by atoms with Crippen LogP contribution in [-0.4, -0.2) is 42.6 Å². The molecule has 74 valence electrons. The molecule has 0 aromatic rings. The minimum absolute atomic E-state index is 0.803. The van der Waals surface area contributed by atoms with E-state index < -0.39 is 0 Å². The Morgan fingerprint density at radius 3 is 2.69 bits per heavy atom. The zero-order valence-corrected chi connectivity index (χ0v) is 8.77. The van der Waals surface area contributed by atoms with Crippen LogP contribution in [0.1, 0.15) is 6.92 Å². The molecule has 13 heavy (non-hydrogen) atoms. The number of morpholine rings is 1. The molecule has 0 aromatic carbocycles. The van der Waals surface area contributed by atoms with Crippen molar-refractivity contribution in [2.24, 2.45) is 5.73 Å². The topological polar surface area (TPSA) is 38.5 Å². The summed E-state index contributed by atoms with van der Waals surface area (Å²) in [4.78, 5) is 3.11. The first kappa shape index (κ1) is 10.6. The lowest BCUT2D eigenvalue weighted by molar-refractivity contribution is 0.0421. The van der Waals surface area contributed by atoms with Gasteiger partial charge in [0.2, 0.25) is 0 Å². The normalized spacial score (nSPS) is 20.2. The van der Waals surface area contributed by atoms with Crippen LogP contribution >= 0.6 is 12.2 Å². The van der Waals surface area contributed by atoms with E-state index in [0.717, 1.165) is 43.4 Å². The largest absolute Gasteiger partial charge is 0.401 e. The molecule has 1 fully saturated rings. The second-order valence-corrected chi connectivity index (χ2v) is 3.86. The van der Waals surface area contributed by atoms with E-state index in [4.69, 9.17) is 22.7 Å². The van der Waals surface area contributed by atoms with Crippen LogP contribution in [0, 0.1) is 0 Å². The number of thiocarbonyl (C=S) groups is 1. The van der Waals surface area contributed by atoms with Crippen molar-refractivity contribution in [1.82, 2.24) is 4.90 Å². The van der Waals surface area contributed by atoms with E-state index >= 15 is 0 Å². The first-order valence-electron chi connectivity index (χ1n) is 4.45. The standard InChI is InChI=1S/C9H16N2OS/c1-8(13)6-9(10)7-11-2-4-12-5-3-11/h6H,2-5,7,10H2,1H3/b9-6-. The number of hydrogen-bond acceptors (Lipinski definition) is 4. The lowest BCUT2D eigenvalue weighted by atomic mass is 10.3. The summed E-state index contributed by atoms with van der Waals surface area (Å²) in [7, 11) is 0. The highest BCUT2D eigenvalue weighted by atomic mass is 32.1. The van der Waals surface area contributed by atoms with Gasteiger partial charge in [-0.1, -0.05) is 12.2 Å². The van der Waals surface area contributed by atoms with Gasteiger partial charge in [-0.3, -0.25) is 4.90 Å². The molecule has 0 amide bonds. The summed E-state index contributed by atoms with van der Waals surface area (Å²) < 4.78 is 5.23. The van der Waals surface area contributed by atoms with Crippen molar-refractivity contribution in [3.8, 4) is 0 Å². The molecule has 1 saturated heterocycles. The van der Waals surface area contributed by atoms with Crippen LogP contribution in [0.5, 0.6) is 0 Å². The van der Waals surface area contributed by atoms with Gasteiger partial charge in [-0.2, -0.15) is 0 Å². The Balaban J connectivity index is 2.33. The molecule has 1 rings (SSSR count). The second-order valence-electron chi connectivity index (χ2n) is 3.22. The monoisotopic (exact) mass is 200 g/mol. The van der Waals surface area contributed by atoms with E-state index in [9.17, 15) is 0 Å². The number of rotatable bonds is 3. The molecule has 0 spiro atoms. The molecular weight excluding hydrogens is 184 g/mol. The summed E-state index contributed by atoms with van der Waals surface area (Å²) in [6.45, 7) is 6.22. The third-order valence-electron chi connectivity index (χ3n) is 1.90. The molecule has 4 heteroatoms. The number of nitrogens with zero attached hydrogens (tertiary/aromatic N) is 1. The van der Waals surface area contributed by atoms with Crippen LogP contribution in [0.4, 0.5) is 0 Å². The smallest absolute Gasteiger partial charge is 0.0594 e. The van der Waals surface area contributed by atoms with Crippen molar-refractivity contribution >= 4 is 17.1 Å². The highest BCUT2D eigenvalue weighted by molar-refractivity contribution is 7.80. The summed E-state index contributed by atoms with van der Waals surface area (Å²) >= 11 is 4.94. The van der Waals surface area contributed by atoms with Crippen LogP contribution in [0.2, 0.25) is 0 Å². The van der Waals surface area contributed by atoms with E-state index in [-0.39, 0.29) is 0 Å². The van der Waals surface area contributed by atoms with Gasteiger partial charge < -0.3 is 10.5 Å². The highest BCUT2D eigenvalue weighted by Gasteiger charge is 2.10. The van der Waals surface area contributed by atoms with E-state index in [0.29, 0.717) is 0 Å². The quantitative estimate of drug-likeness (QED) is 0.533. The number of allylic oxidation sites excluding steroid dienone is 1. The fraction of sp³-hybridized carbons (Fsp3) is 0.667. The summed E-state index contributed by atoms with van der Waals surface area (Å²) in [6, 6.07) is 0. The van der Waals surface area contributed by atoms with Gasteiger partial charge in [0, 0.05) is 30.2 Å². The first-order valence-corrected chi connectivity index (χ1v) is 4.86. The Kier molecular flexibility index (Phi) is 4.35. The average Bonchev–Trinajstić information content (AvgIpc) is 2.04. The molecule has 1 heterocycles. The molecule has 0 saturated carbocycles. The third-order valence-corrected chi connectivity index (χ3v) is 2.02. The lowest BCUT2D eigenvalue weighted by Gasteiger charge is -2.26. The van der Waals surface area contributed by atoms with Gasteiger partial charge in [-0.15, -0.1) is 0 Å². The number of hydrogen-bond donors (Lipinski definition) is 1. The number of ether oxygens (including phenoxy) is 1. The molecule has 0 aromatic heterocycles. The minimum Gasteiger partial charge on any atom is -0.401 e. The van der Waals surface area contributed by atoms with Crippen LogP contribution in [0.15, 0.2) is 11.8 Å². The Bertz CT molecular complexity index is 210. The molecule has 0 unspecified atom stereocenters. The van der Waals surface area contributed by atoms with Gasteiger partial charge in [0.1, 0.15) is 0 Å². The summed E-state index contributed by atoms with van der Waals surface area (Å²) in [5, 5.41) is 0. The highest BCUT2D eigenvalue weighted by Crippen LogP contribution is 1.99. The number of nitrogens with two attached hydrogens (primary N) is 1. The molecule has 1 aliphatic heterocycles. The van der Waals surface area contributed by atoms with E-state index in [2.05, 4.69) is 4.90 Å². The van der Waals surface area contributed by atoms with Crippen molar-refractivity contribution in [1.29, 1.82) is 0 Å². The van der Waals surface area contributed by atoms with Crippen molar-refractivity contribution in [3.05, 3.63) is 11.8 Å². The molecule has 3 nitrogen and oxygen atoms in total. The fourth-order valence-electron chi connectivity index (χ4n) is 1.32. The van der Waals surface area contributed by atoms with E-state index in [1.807, 2.05) is 13.0 Å². The van der Waals surface area contributed by atoms with E-state index in [1.54, 1.807) is 0 Å². The molecule has 0 aliphatic carbocycles. The first-order chi connectivity index (χ1) is 6.18.